The second-order valence-electron chi connectivity index (χ2n) is 3.81. The lowest BCUT2D eigenvalue weighted by molar-refractivity contribution is 0.782. The lowest BCUT2D eigenvalue weighted by Gasteiger charge is -2.05. The molecule has 0 spiro atoms. The second kappa shape index (κ2) is 4.78. The summed E-state index contributed by atoms with van der Waals surface area (Å²) in [6, 6.07) is 8.01. The van der Waals surface area contributed by atoms with Gasteiger partial charge in [-0.05, 0) is 35.9 Å². The Bertz CT molecular complexity index is 541. The Labute approximate surface area is 100 Å². The number of aryl methyl sites for hydroxylation is 1. The fourth-order valence-electron chi connectivity index (χ4n) is 1.52. The number of aromatic nitrogens is 4. The van der Waals surface area contributed by atoms with Gasteiger partial charge in [0.15, 0.2) is 5.82 Å². The highest BCUT2D eigenvalue weighted by molar-refractivity contribution is 5.49. The van der Waals surface area contributed by atoms with E-state index in [0.717, 1.165) is 16.9 Å². The zero-order chi connectivity index (χ0) is 12.3. The summed E-state index contributed by atoms with van der Waals surface area (Å²) in [6.45, 7) is 4.01. The first-order chi connectivity index (χ1) is 8.22. The Morgan fingerprint density at radius 1 is 1.35 bits per heavy atom. The highest BCUT2D eigenvalue weighted by atomic mass is 15.5. The molecular weight excluding hydrogens is 214 g/mol. The molecule has 88 valence electrons. The van der Waals surface area contributed by atoms with Gasteiger partial charge in [0.25, 0.3) is 0 Å². The van der Waals surface area contributed by atoms with Gasteiger partial charge in [-0.2, -0.15) is 4.68 Å². The average Bonchev–Trinajstić information content (AvgIpc) is 2.77. The Morgan fingerprint density at radius 2 is 2.12 bits per heavy atom. The van der Waals surface area contributed by atoms with Crippen molar-refractivity contribution in [2.75, 3.05) is 7.05 Å². The molecule has 0 bridgehead atoms. The standard InChI is InChI=1S/C12H15N5/c1-9-6-4-5-7-11(9)17-12(14-15-16-17)8-10(2)13-3/h4-8,13H,1-3H3/b10-8+. The van der Waals surface area contributed by atoms with Crippen molar-refractivity contribution < 1.29 is 0 Å². The Kier molecular flexibility index (Phi) is 3.18. The zero-order valence-electron chi connectivity index (χ0n) is 10.2. The molecule has 1 heterocycles. The molecule has 5 heteroatoms. The van der Waals surface area contributed by atoms with Gasteiger partial charge in [-0.15, -0.1) is 5.10 Å². The molecule has 0 saturated carbocycles. The number of nitrogens with one attached hydrogen (secondary N) is 1. The van der Waals surface area contributed by atoms with E-state index in [0.29, 0.717) is 5.82 Å². The molecule has 0 fully saturated rings. The predicted molar refractivity (Wildman–Crippen MR) is 66.6 cm³/mol. The van der Waals surface area contributed by atoms with Crippen molar-refractivity contribution in [3.63, 3.8) is 0 Å². The van der Waals surface area contributed by atoms with Crippen molar-refractivity contribution in [1.82, 2.24) is 25.5 Å². The van der Waals surface area contributed by atoms with Crippen molar-refractivity contribution in [3.05, 3.63) is 41.4 Å². The molecule has 0 aliphatic carbocycles. The molecule has 1 aromatic carbocycles. The van der Waals surface area contributed by atoms with Gasteiger partial charge in [0.05, 0.1) is 5.69 Å². The zero-order valence-corrected chi connectivity index (χ0v) is 10.2. The summed E-state index contributed by atoms with van der Waals surface area (Å²) < 4.78 is 1.73. The third kappa shape index (κ3) is 2.33. The molecule has 0 atom stereocenters. The quantitative estimate of drug-likeness (QED) is 0.867. The van der Waals surface area contributed by atoms with Crippen LogP contribution >= 0.6 is 0 Å². The van der Waals surface area contributed by atoms with Crippen LogP contribution in [0.15, 0.2) is 30.0 Å². The number of rotatable bonds is 3. The molecule has 0 saturated heterocycles. The maximum atomic E-state index is 4.02. The first kappa shape index (κ1) is 11.3. The SMILES string of the molecule is CN/C(C)=C/c1nnnn1-c1ccccc1C. The van der Waals surface area contributed by atoms with Crippen LogP contribution in [0.3, 0.4) is 0 Å². The van der Waals surface area contributed by atoms with E-state index in [1.807, 2.05) is 51.2 Å². The summed E-state index contributed by atoms with van der Waals surface area (Å²) in [4.78, 5) is 0. The molecule has 0 unspecified atom stereocenters. The summed E-state index contributed by atoms with van der Waals surface area (Å²) in [5.41, 5.74) is 3.14. The molecular formula is C12H15N5. The molecule has 0 radical (unpaired) electrons. The molecule has 2 rings (SSSR count). The van der Waals surface area contributed by atoms with E-state index in [9.17, 15) is 0 Å². The van der Waals surface area contributed by atoms with Crippen molar-refractivity contribution in [3.8, 4) is 5.69 Å². The van der Waals surface area contributed by atoms with Gasteiger partial charge in [-0.1, -0.05) is 18.2 Å². The molecule has 5 nitrogen and oxygen atoms in total. The van der Waals surface area contributed by atoms with Gasteiger partial charge in [-0.25, -0.2) is 0 Å². The van der Waals surface area contributed by atoms with E-state index < -0.39 is 0 Å². The van der Waals surface area contributed by atoms with Gasteiger partial charge < -0.3 is 5.32 Å². The van der Waals surface area contributed by atoms with Crippen molar-refractivity contribution in [2.45, 2.75) is 13.8 Å². The largest absolute Gasteiger partial charge is 0.392 e. The number of nitrogens with zero attached hydrogens (tertiary/aromatic N) is 4. The minimum atomic E-state index is 0.714. The van der Waals surface area contributed by atoms with Crippen LogP contribution in [-0.4, -0.2) is 27.3 Å². The lowest BCUT2D eigenvalue weighted by atomic mass is 10.2. The third-order valence-corrected chi connectivity index (χ3v) is 2.58. The van der Waals surface area contributed by atoms with Gasteiger partial charge in [-0.3, -0.25) is 0 Å². The summed E-state index contributed by atoms with van der Waals surface area (Å²) in [5, 5.41) is 14.8. The first-order valence-electron chi connectivity index (χ1n) is 5.43. The predicted octanol–water partition coefficient (Wildman–Crippen LogP) is 1.55. The number of para-hydroxylation sites is 1. The number of hydrogen-bond acceptors (Lipinski definition) is 4. The highest BCUT2D eigenvalue weighted by Gasteiger charge is 2.07. The number of benzene rings is 1. The maximum Gasteiger partial charge on any atom is 0.181 e. The van der Waals surface area contributed by atoms with Crippen LogP contribution < -0.4 is 5.32 Å². The molecule has 0 aliphatic heterocycles. The van der Waals surface area contributed by atoms with E-state index in [1.165, 1.54) is 0 Å². The van der Waals surface area contributed by atoms with E-state index >= 15 is 0 Å². The van der Waals surface area contributed by atoms with Crippen LogP contribution in [0.25, 0.3) is 11.8 Å². The van der Waals surface area contributed by atoms with Gasteiger partial charge >= 0.3 is 0 Å². The molecule has 1 aromatic heterocycles. The fourth-order valence-corrected chi connectivity index (χ4v) is 1.52. The minimum Gasteiger partial charge on any atom is -0.392 e. The molecule has 0 amide bonds. The monoisotopic (exact) mass is 229 g/mol. The van der Waals surface area contributed by atoms with E-state index in [2.05, 4.69) is 20.8 Å². The van der Waals surface area contributed by atoms with Crippen LogP contribution in [0.5, 0.6) is 0 Å². The van der Waals surface area contributed by atoms with Gasteiger partial charge in [0.2, 0.25) is 0 Å². The maximum absolute atomic E-state index is 4.02. The van der Waals surface area contributed by atoms with Crippen LogP contribution in [0, 0.1) is 6.92 Å². The van der Waals surface area contributed by atoms with E-state index in [-0.39, 0.29) is 0 Å². The van der Waals surface area contributed by atoms with E-state index in [4.69, 9.17) is 0 Å². The lowest BCUT2D eigenvalue weighted by Crippen LogP contribution is -2.05. The van der Waals surface area contributed by atoms with Crippen molar-refractivity contribution in [1.29, 1.82) is 0 Å². The second-order valence-corrected chi connectivity index (χ2v) is 3.81. The number of allylic oxidation sites excluding steroid dienone is 1. The normalized spacial score (nSPS) is 11.6. The average molecular weight is 229 g/mol. The molecule has 0 aliphatic rings. The summed E-state index contributed by atoms with van der Waals surface area (Å²) in [6.07, 6.45) is 1.91. The fraction of sp³-hybridized carbons (Fsp3) is 0.250. The Hall–Kier alpha value is -2.17. The Morgan fingerprint density at radius 3 is 2.82 bits per heavy atom. The minimum absolute atomic E-state index is 0.714. The van der Waals surface area contributed by atoms with Crippen LogP contribution in [-0.2, 0) is 0 Å². The number of hydrogen-bond donors (Lipinski definition) is 1. The van der Waals surface area contributed by atoms with Crippen LogP contribution in [0.1, 0.15) is 18.3 Å². The van der Waals surface area contributed by atoms with Crippen LogP contribution in [0.4, 0.5) is 0 Å². The third-order valence-electron chi connectivity index (χ3n) is 2.58. The molecule has 2 aromatic rings. The van der Waals surface area contributed by atoms with Crippen LogP contribution in [0.2, 0.25) is 0 Å². The molecule has 1 N–H and O–H groups in total. The summed E-state index contributed by atoms with van der Waals surface area (Å²) >= 11 is 0. The topological polar surface area (TPSA) is 55.6 Å². The summed E-state index contributed by atoms with van der Waals surface area (Å²) in [7, 11) is 1.87. The number of tetrazole rings is 1. The Balaban J connectivity index is 2.48. The smallest absolute Gasteiger partial charge is 0.181 e. The van der Waals surface area contributed by atoms with E-state index in [1.54, 1.807) is 4.68 Å². The first-order valence-corrected chi connectivity index (χ1v) is 5.43. The van der Waals surface area contributed by atoms with Crippen molar-refractivity contribution >= 4 is 6.08 Å². The summed E-state index contributed by atoms with van der Waals surface area (Å²) in [5.74, 6) is 0.714. The molecule has 17 heavy (non-hydrogen) atoms. The highest BCUT2D eigenvalue weighted by Crippen LogP contribution is 2.14. The van der Waals surface area contributed by atoms with Crippen molar-refractivity contribution in [2.24, 2.45) is 0 Å². The van der Waals surface area contributed by atoms with Gasteiger partial charge in [0.1, 0.15) is 0 Å². The van der Waals surface area contributed by atoms with Gasteiger partial charge in [0, 0.05) is 18.8 Å².